The van der Waals surface area contributed by atoms with Gasteiger partial charge in [-0.25, -0.2) is 9.18 Å². The van der Waals surface area contributed by atoms with Gasteiger partial charge < -0.3 is 19.9 Å². The van der Waals surface area contributed by atoms with E-state index in [0.717, 1.165) is 12.0 Å². The van der Waals surface area contributed by atoms with Gasteiger partial charge in [0.05, 0.1) is 12.6 Å². The van der Waals surface area contributed by atoms with E-state index in [-0.39, 0.29) is 17.8 Å². The van der Waals surface area contributed by atoms with Gasteiger partial charge in [-0.15, -0.1) is 0 Å². The van der Waals surface area contributed by atoms with E-state index >= 15 is 0 Å². The second-order valence-corrected chi connectivity index (χ2v) is 5.76. The van der Waals surface area contributed by atoms with Crippen LogP contribution in [-0.2, 0) is 14.3 Å². The van der Waals surface area contributed by atoms with Crippen molar-refractivity contribution in [1.82, 2.24) is 5.32 Å². The zero-order valence-corrected chi connectivity index (χ0v) is 12.5. The average molecular weight is 323 g/mol. The normalized spacial score (nSPS) is 26.7. The first kappa shape index (κ1) is 15.7. The van der Waals surface area contributed by atoms with Gasteiger partial charge in [0.15, 0.2) is 6.10 Å². The van der Waals surface area contributed by atoms with Crippen LogP contribution in [0.4, 0.5) is 4.39 Å². The van der Waals surface area contributed by atoms with E-state index in [2.05, 4.69) is 5.32 Å². The van der Waals surface area contributed by atoms with E-state index in [0.29, 0.717) is 31.6 Å². The van der Waals surface area contributed by atoms with Crippen molar-refractivity contribution in [2.45, 2.75) is 43.9 Å². The number of carbonyl (C=O) groups excluding carboxylic acids is 1. The van der Waals surface area contributed by atoms with Gasteiger partial charge in [0.2, 0.25) is 5.91 Å². The van der Waals surface area contributed by atoms with Crippen LogP contribution in [0.2, 0.25) is 0 Å². The predicted octanol–water partition coefficient (Wildman–Crippen LogP) is 1.79. The lowest BCUT2D eigenvalue weighted by Crippen LogP contribution is -2.37. The standard InChI is InChI=1S/C16H18FNO5/c17-9-3-4-10-11(2-1-7-22-14(10)8-9)18-15(19)12-5-6-13(23-12)16(20)21/h3-4,8,11-13H,1-2,5-7H2,(H,18,19)(H,20,21)/t11?,12-,13+/m0/s1. The van der Waals surface area contributed by atoms with Crippen molar-refractivity contribution in [3.63, 3.8) is 0 Å². The van der Waals surface area contributed by atoms with Gasteiger partial charge in [0.25, 0.3) is 0 Å². The first-order valence-electron chi connectivity index (χ1n) is 7.65. The molecule has 1 saturated heterocycles. The minimum Gasteiger partial charge on any atom is -0.493 e. The molecular formula is C16H18FNO5. The Bertz CT molecular complexity index is 620. The van der Waals surface area contributed by atoms with Crippen molar-refractivity contribution in [1.29, 1.82) is 0 Å². The molecule has 124 valence electrons. The third kappa shape index (κ3) is 3.44. The lowest BCUT2D eigenvalue weighted by molar-refractivity contribution is -0.151. The molecule has 3 rings (SSSR count). The van der Waals surface area contributed by atoms with Crippen molar-refractivity contribution >= 4 is 11.9 Å². The highest BCUT2D eigenvalue weighted by atomic mass is 19.1. The van der Waals surface area contributed by atoms with Gasteiger partial charge in [-0.05, 0) is 31.7 Å². The fourth-order valence-electron chi connectivity index (χ4n) is 2.97. The van der Waals surface area contributed by atoms with E-state index in [4.69, 9.17) is 14.6 Å². The summed E-state index contributed by atoms with van der Waals surface area (Å²) in [7, 11) is 0. The number of carboxylic acids is 1. The average Bonchev–Trinajstić information content (AvgIpc) is 2.93. The summed E-state index contributed by atoms with van der Waals surface area (Å²) < 4.78 is 24.1. The van der Waals surface area contributed by atoms with Gasteiger partial charge in [0.1, 0.15) is 17.7 Å². The molecule has 0 spiro atoms. The van der Waals surface area contributed by atoms with Crippen LogP contribution in [-0.4, -0.2) is 35.8 Å². The Morgan fingerprint density at radius 3 is 2.74 bits per heavy atom. The maximum atomic E-state index is 13.3. The fraction of sp³-hybridized carbons (Fsp3) is 0.500. The Labute approximate surface area is 132 Å². The van der Waals surface area contributed by atoms with Gasteiger partial charge in [0, 0.05) is 11.6 Å². The number of carboxylic acid groups (broad SMARTS) is 1. The second kappa shape index (κ2) is 6.54. The molecule has 2 aliphatic heterocycles. The highest BCUT2D eigenvalue weighted by Crippen LogP contribution is 2.32. The van der Waals surface area contributed by atoms with Crippen LogP contribution in [0.1, 0.15) is 37.3 Å². The molecule has 6 nitrogen and oxygen atoms in total. The molecule has 2 aliphatic rings. The number of amides is 1. The van der Waals surface area contributed by atoms with E-state index in [1.807, 2.05) is 0 Å². The summed E-state index contributed by atoms with van der Waals surface area (Å²) in [4.78, 5) is 23.2. The lowest BCUT2D eigenvalue weighted by atomic mass is 10.0. The largest absolute Gasteiger partial charge is 0.493 e. The zero-order valence-electron chi connectivity index (χ0n) is 12.5. The topological polar surface area (TPSA) is 84.9 Å². The van der Waals surface area contributed by atoms with Crippen molar-refractivity contribution in [3.8, 4) is 5.75 Å². The monoisotopic (exact) mass is 323 g/mol. The van der Waals surface area contributed by atoms with Gasteiger partial charge in [-0.2, -0.15) is 0 Å². The molecule has 23 heavy (non-hydrogen) atoms. The highest BCUT2D eigenvalue weighted by Gasteiger charge is 2.36. The molecule has 0 aliphatic carbocycles. The maximum Gasteiger partial charge on any atom is 0.332 e. The number of nitrogens with one attached hydrogen (secondary N) is 1. The molecular weight excluding hydrogens is 305 g/mol. The van der Waals surface area contributed by atoms with E-state index in [9.17, 15) is 14.0 Å². The molecule has 0 aromatic heterocycles. The van der Waals surface area contributed by atoms with Crippen LogP contribution >= 0.6 is 0 Å². The quantitative estimate of drug-likeness (QED) is 0.886. The van der Waals surface area contributed by atoms with Crippen LogP contribution in [0.15, 0.2) is 18.2 Å². The summed E-state index contributed by atoms with van der Waals surface area (Å²) in [6.45, 7) is 0.462. The smallest absolute Gasteiger partial charge is 0.332 e. The molecule has 1 unspecified atom stereocenters. The molecule has 1 amide bonds. The Morgan fingerprint density at radius 2 is 2.00 bits per heavy atom. The highest BCUT2D eigenvalue weighted by molar-refractivity contribution is 5.83. The van der Waals surface area contributed by atoms with E-state index in [1.165, 1.54) is 12.1 Å². The number of aliphatic carboxylic acids is 1. The van der Waals surface area contributed by atoms with Crippen molar-refractivity contribution in [2.75, 3.05) is 6.61 Å². The number of hydrogen-bond acceptors (Lipinski definition) is 4. The number of rotatable bonds is 3. The van der Waals surface area contributed by atoms with Crippen LogP contribution < -0.4 is 10.1 Å². The summed E-state index contributed by atoms with van der Waals surface area (Å²) in [6, 6.07) is 3.95. The van der Waals surface area contributed by atoms with Crippen molar-refractivity contribution in [3.05, 3.63) is 29.6 Å². The minimum absolute atomic E-state index is 0.298. The van der Waals surface area contributed by atoms with Crippen LogP contribution in [0.5, 0.6) is 5.75 Å². The molecule has 7 heteroatoms. The molecule has 1 fully saturated rings. The van der Waals surface area contributed by atoms with Gasteiger partial charge >= 0.3 is 5.97 Å². The molecule has 0 bridgehead atoms. The Morgan fingerprint density at radius 1 is 1.22 bits per heavy atom. The first-order chi connectivity index (χ1) is 11.0. The number of benzene rings is 1. The number of ether oxygens (including phenoxy) is 2. The summed E-state index contributed by atoms with van der Waals surface area (Å²) in [5, 5.41) is 11.8. The van der Waals surface area contributed by atoms with E-state index in [1.54, 1.807) is 6.07 Å². The van der Waals surface area contributed by atoms with Crippen molar-refractivity contribution in [2.24, 2.45) is 0 Å². The molecule has 0 saturated carbocycles. The number of hydrogen-bond donors (Lipinski definition) is 2. The number of fused-ring (bicyclic) bond motifs is 1. The molecule has 0 radical (unpaired) electrons. The molecule has 1 aromatic rings. The SMILES string of the molecule is O=C(NC1CCCOc2cc(F)ccc21)[C@@H]1CC[C@H](C(=O)O)O1. The van der Waals surface area contributed by atoms with Crippen molar-refractivity contribution < 1.29 is 28.6 Å². The predicted molar refractivity (Wildman–Crippen MR) is 77.5 cm³/mol. The van der Waals surface area contributed by atoms with Crippen LogP contribution in [0, 0.1) is 5.82 Å². The summed E-state index contributed by atoms with van der Waals surface area (Å²) >= 11 is 0. The third-order valence-corrected chi connectivity index (χ3v) is 4.15. The summed E-state index contributed by atoms with van der Waals surface area (Å²) in [5.74, 6) is -1.34. The lowest BCUT2D eigenvalue weighted by Gasteiger charge is -2.20. The Kier molecular flexibility index (Phi) is 4.47. The Hall–Kier alpha value is -2.15. The molecule has 1 aromatic carbocycles. The minimum atomic E-state index is -1.05. The molecule has 2 heterocycles. The molecule has 2 N–H and O–H groups in total. The van der Waals surface area contributed by atoms with Crippen LogP contribution in [0.3, 0.4) is 0 Å². The maximum absolute atomic E-state index is 13.3. The Balaban J connectivity index is 1.70. The number of halogens is 1. The summed E-state index contributed by atoms with van der Waals surface area (Å²) in [6.07, 6.45) is 0.406. The second-order valence-electron chi connectivity index (χ2n) is 5.76. The van der Waals surface area contributed by atoms with Crippen LogP contribution in [0.25, 0.3) is 0 Å². The zero-order chi connectivity index (χ0) is 16.4. The first-order valence-corrected chi connectivity index (χ1v) is 7.65. The fourth-order valence-corrected chi connectivity index (χ4v) is 2.97. The van der Waals surface area contributed by atoms with E-state index < -0.39 is 18.2 Å². The third-order valence-electron chi connectivity index (χ3n) is 4.15. The van der Waals surface area contributed by atoms with Gasteiger partial charge in [-0.1, -0.05) is 6.07 Å². The van der Waals surface area contributed by atoms with Gasteiger partial charge in [-0.3, -0.25) is 4.79 Å². The summed E-state index contributed by atoms with van der Waals surface area (Å²) in [5.41, 5.74) is 0.727. The molecule has 3 atom stereocenters. The number of carbonyl (C=O) groups is 2.